The molecule has 124 valence electrons. The Labute approximate surface area is 149 Å². The van der Waals surface area contributed by atoms with Gasteiger partial charge in [-0.1, -0.05) is 39.1 Å². The molecule has 0 bridgehead atoms. The monoisotopic (exact) mass is 430 g/mol. The van der Waals surface area contributed by atoms with Gasteiger partial charge >= 0.3 is 0 Å². The number of carbonyl (C=O) groups excluding carboxylic acids is 1. The van der Waals surface area contributed by atoms with Gasteiger partial charge in [-0.15, -0.1) is 0 Å². The molecule has 0 N–H and O–H groups in total. The van der Waals surface area contributed by atoms with Crippen molar-refractivity contribution < 1.29 is 13.2 Å². The molecule has 1 rings (SSSR count). The van der Waals surface area contributed by atoms with E-state index in [1.807, 2.05) is 13.8 Å². The Kier molecular flexibility index (Phi) is 7.14. The largest absolute Gasteiger partial charge is 0.342 e. The summed E-state index contributed by atoms with van der Waals surface area (Å²) in [6, 6.07) is 2.89. The fraction of sp³-hybridized carbons (Fsp3) is 0.462. The van der Waals surface area contributed by atoms with Crippen molar-refractivity contribution in [3.8, 4) is 0 Å². The fourth-order valence-electron chi connectivity index (χ4n) is 1.88. The fourth-order valence-corrected chi connectivity index (χ4v) is 4.88. The van der Waals surface area contributed by atoms with Gasteiger partial charge in [0.15, 0.2) is 0 Å². The first kappa shape index (κ1) is 19.7. The number of nitrogens with zero attached hydrogens (tertiary/aromatic N) is 2. The minimum atomic E-state index is -3.96. The van der Waals surface area contributed by atoms with E-state index in [1.54, 1.807) is 4.90 Å². The highest BCUT2D eigenvalue weighted by Gasteiger charge is 2.29. The van der Waals surface area contributed by atoms with E-state index in [2.05, 4.69) is 15.9 Å². The van der Waals surface area contributed by atoms with Crippen molar-refractivity contribution >= 4 is 55.1 Å². The number of rotatable bonds is 6. The summed E-state index contributed by atoms with van der Waals surface area (Å²) in [6.07, 6.45) is 0. The van der Waals surface area contributed by atoms with Crippen LogP contribution in [0.15, 0.2) is 21.5 Å². The quantitative estimate of drug-likeness (QED) is 0.694. The number of hydrogen-bond acceptors (Lipinski definition) is 3. The van der Waals surface area contributed by atoms with Crippen LogP contribution in [-0.2, 0) is 14.8 Å². The molecule has 0 heterocycles. The predicted molar refractivity (Wildman–Crippen MR) is 91.9 cm³/mol. The highest BCUT2D eigenvalue weighted by atomic mass is 79.9. The second kappa shape index (κ2) is 7.97. The minimum Gasteiger partial charge on any atom is -0.342 e. The number of carbonyl (C=O) groups is 1. The summed E-state index contributed by atoms with van der Waals surface area (Å²) in [4.78, 5) is 13.4. The zero-order valence-electron chi connectivity index (χ0n) is 12.4. The van der Waals surface area contributed by atoms with Crippen LogP contribution in [0.2, 0.25) is 10.0 Å². The molecule has 0 fully saturated rings. The van der Waals surface area contributed by atoms with Gasteiger partial charge in [0.2, 0.25) is 15.9 Å². The Morgan fingerprint density at radius 3 is 2.05 bits per heavy atom. The van der Waals surface area contributed by atoms with Crippen molar-refractivity contribution in [2.24, 2.45) is 0 Å². The lowest BCUT2D eigenvalue weighted by Crippen LogP contribution is -2.41. The number of amides is 1. The smallest absolute Gasteiger partial charge is 0.246 e. The Balaban J connectivity index is 3.12. The average molecular weight is 432 g/mol. The highest BCUT2D eigenvalue weighted by molar-refractivity contribution is 9.10. The molecule has 1 amide bonds. The van der Waals surface area contributed by atoms with Crippen LogP contribution in [0.5, 0.6) is 0 Å². The molecule has 9 heteroatoms. The SMILES string of the molecule is CCN(CC)C(=O)CN(C)S(=O)(=O)c1c(Cl)cc(Br)cc1Cl. The van der Waals surface area contributed by atoms with E-state index in [-0.39, 0.29) is 27.4 Å². The normalized spacial score (nSPS) is 11.8. The van der Waals surface area contributed by atoms with E-state index < -0.39 is 10.0 Å². The third-order valence-electron chi connectivity index (χ3n) is 3.11. The first-order chi connectivity index (χ1) is 10.1. The van der Waals surface area contributed by atoms with Crippen molar-refractivity contribution in [2.75, 3.05) is 26.7 Å². The summed E-state index contributed by atoms with van der Waals surface area (Å²) < 4.78 is 26.7. The third-order valence-corrected chi connectivity index (χ3v) is 6.29. The summed E-state index contributed by atoms with van der Waals surface area (Å²) in [5.74, 6) is -0.277. The van der Waals surface area contributed by atoms with Gasteiger partial charge in [-0.25, -0.2) is 8.42 Å². The molecule has 0 aliphatic carbocycles. The predicted octanol–water partition coefficient (Wildman–Crippen LogP) is 3.24. The summed E-state index contributed by atoms with van der Waals surface area (Å²) in [6.45, 7) is 4.43. The number of likely N-dealkylation sites (N-methyl/N-ethyl adjacent to an activating group) is 2. The maximum absolute atomic E-state index is 12.6. The van der Waals surface area contributed by atoms with Crippen molar-refractivity contribution in [2.45, 2.75) is 18.7 Å². The average Bonchev–Trinajstić information content (AvgIpc) is 2.38. The molecular weight excluding hydrogens is 415 g/mol. The first-order valence-electron chi connectivity index (χ1n) is 6.53. The van der Waals surface area contributed by atoms with Crippen molar-refractivity contribution in [1.82, 2.24) is 9.21 Å². The topological polar surface area (TPSA) is 57.7 Å². The molecule has 0 spiro atoms. The number of halogens is 3. The molecule has 0 unspecified atom stereocenters. The van der Waals surface area contributed by atoms with E-state index in [0.29, 0.717) is 17.6 Å². The molecule has 5 nitrogen and oxygen atoms in total. The summed E-state index contributed by atoms with van der Waals surface area (Å²) >= 11 is 15.2. The summed E-state index contributed by atoms with van der Waals surface area (Å²) in [7, 11) is -2.64. The van der Waals surface area contributed by atoms with Crippen LogP contribution in [0.4, 0.5) is 0 Å². The highest BCUT2D eigenvalue weighted by Crippen LogP contribution is 2.34. The van der Waals surface area contributed by atoms with Gasteiger partial charge in [0, 0.05) is 24.6 Å². The molecule has 0 saturated heterocycles. The van der Waals surface area contributed by atoms with Crippen LogP contribution < -0.4 is 0 Å². The first-order valence-corrected chi connectivity index (χ1v) is 9.52. The van der Waals surface area contributed by atoms with Crippen molar-refractivity contribution in [3.05, 3.63) is 26.7 Å². The number of sulfonamides is 1. The van der Waals surface area contributed by atoms with Gasteiger partial charge in [-0.05, 0) is 26.0 Å². The maximum atomic E-state index is 12.6. The van der Waals surface area contributed by atoms with Crippen LogP contribution in [0.1, 0.15) is 13.8 Å². The lowest BCUT2D eigenvalue weighted by molar-refractivity contribution is -0.130. The maximum Gasteiger partial charge on any atom is 0.246 e. The Morgan fingerprint density at radius 2 is 1.64 bits per heavy atom. The molecule has 0 aromatic heterocycles. The van der Waals surface area contributed by atoms with Crippen LogP contribution >= 0.6 is 39.1 Å². The molecule has 0 aliphatic rings. The molecule has 1 aromatic rings. The second-order valence-electron chi connectivity index (χ2n) is 4.53. The van der Waals surface area contributed by atoms with Gasteiger partial charge in [0.1, 0.15) is 4.90 Å². The molecular formula is C13H17BrCl2N2O3S. The zero-order valence-corrected chi connectivity index (χ0v) is 16.4. The van der Waals surface area contributed by atoms with E-state index in [9.17, 15) is 13.2 Å². The van der Waals surface area contributed by atoms with Crippen LogP contribution in [0, 0.1) is 0 Å². The molecule has 0 aliphatic heterocycles. The summed E-state index contributed by atoms with van der Waals surface area (Å²) in [5.41, 5.74) is 0. The van der Waals surface area contributed by atoms with Crippen LogP contribution in [0.3, 0.4) is 0 Å². The van der Waals surface area contributed by atoms with Gasteiger partial charge in [-0.3, -0.25) is 4.79 Å². The van der Waals surface area contributed by atoms with Gasteiger partial charge in [0.05, 0.1) is 16.6 Å². The Morgan fingerprint density at radius 1 is 1.18 bits per heavy atom. The van der Waals surface area contributed by atoms with Gasteiger partial charge in [0.25, 0.3) is 0 Å². The lowest BCUT2D eigenvalue weighted by atomic mass is 10.4. The molecule has 1 aromatic carbocycles. The summed E-state index contributed by atoms with van der Waals surface area (Å²) in [5, 5.41) is 0.00280. The zero-order chi connectivity index (χ0) is 17.1. The third kappa shape index (κ3) is 4.35. The van der Waals surface area contributed by atoms with E-state index in [1.165, 1.54) is 19.2 Å². The molecule has 0 saturated carbocycles. The molecule has 0 atom stereocenters. The van der Waals surface area contributed by atoms with Crippen molar-refractivity contribution in [1.29, 1.82) is 0 Å². The van der Waals surface area contributed by atoms with Gasteiger partial charge < -0.3 is 4.90 Å². The standard InChI is InChI=1S/C13H17BrCl2N2O3S/c1-4-18(5-2)12(19)8-17(3)22(20,21)13-10(15)6-9(14)7-11(13)16/h6-7H,4-5,8H2,1-3H3. The van der Waals surface area contributed by atoms with Crippen molar-refractivity contribution in [3.63, 3.8) is 0 Å². The second-order valence-corrected chi connectivity index (χ2v) is 8.24. The lowest BCUT2D eigenvalue weighted by Gasteiger charge is -2.23. The number of hydrogen-bond donors (Lipinski definition) is 0. The Bertz CT molecular complexity index is 640. The van der Waals surface area contributed by atoms with Crippen LogP contribution in [0.25, 0.3) is 0 Å². The molecule has 22 heavy (non-hydrogen) atoms. The number of benzene rings is 1. The van der Waals surface area contributed by atoms with Crippen LogP contribution in [-0.4, -0.2) is 50.2 Å². The minimum absolute atomic E-state index is 0.00140. The Hall–Kier alpha value is -0.340. The van der Waals surface area contributed by atoms with E-state index in [0.717, 1.165) is 4.31 Å². The van der Waals surface area contributed by atoms with Gasteiger partial charge in [-0.2, -0.15) is 4.31 Å². The molecule has 0 radical (unpaired) electrons. The van der Waals surface area contributed by atoms with E-state index in [4.69, 9.17) is 23.2 Å². The van der Waals surface area contributed by atoms with E-state index >= 15 is 0 Å².